The van der Waals surface area contributed by atoms with E-state index in [1.54, 1.807) is 20.0 Å². The largest absolute Gasteiger partial charge is 0.469 e. The Bertz CT molecular complexity index is 909. The van der Waals surface area contributed by atoms with Gasteiger partial charge in [-0.25, -0.2) is 0 Å². The van der Waals surface area contributed by atoms with E-state index in [4.69, 9.17) is 14.2 Å². The summed E-state index contributed by atoms with van der Waals surface area (Å²) in [5.41, 5.74) is -0.188. The molecule has 4 rings (SSSR count). The summed E-state index contributed by atoms with van der Waals surface area (Å²) in [4.78, 5) is 39.4. The Morgan fingerprint density at radius 3 is 2.59 bits per heavy atom. The van der Waals surface area contributed by atoms with Crippen molar-refractivity contribution in [3.63, 3.8) is 0 Å². The standard InChI is InChI=1S/C20H24N2O6S/c1-18(17(25)26-5)9-20(16(24)22(4)19(2,10-23)29-20)21(3)15(18)12-6-7-13-14(8-12)28-11-27-13/h6-8,10,15H,9,11H2,1-5H3/t15?,18-,19?,20?/m0/s1. The van der Waals surface area contributed by atoms with Crippen molar-refractivity contribution in [1.82, 2.24) is 9.80 Å². The van der Waals surface area contributed by atoms with E-state index in [1.807, 2.05) is 31.0 Å². The minimum absolute atomic E-state index is 0.147. The number of rotatable bonds is 3. The maximum atomic E-state index is 13.4. The van der Waals surface area contributed by atoms with Crippen molar-refractivity contribution < 1.29 is 28.6 Å². The molecule has 3 aliphatic heterocycles. The summed E-state index contributed by atoms with van der Waals surface area (Å²) in [6.45, 7) is 3.67. The molecule has 8 nitrogen and oxygen atoms in total. The van der Waals surface area contributed by atoms with Gasteiger partial charge in [0.15, 0.2) is 22.7 Å². The van der Waals surface area contributed by atoms with E-state index >= 15 is 0 Å². The molecular formula is C20H24N2O6S. The average Bonchev–Trinajstić information content (AvgIpc) is 3.32. The molecule has 4 atom stereocenters. The van der Waals surface area contributed by atoms with Gasteiger partial charge in [-0.3, -0.25) is 19.3 Å². The number of carbonyl (C=O) groups excluding carboxylic acids is 3. The normalized spacial score (nSPS) is 36.1. The van der Waals surface area contributed by atoms with Crippen molar-refractivity contribution in [3.8, 4) is 11.5 Å². The lowest BCUT2D eigenvalue weighted by molar-refractivity contribution is -0.153. The zero-order valence-corrected chi connectivity index (χ0v) is 17.9. The molecule has 0 N–H and O–H groups in total. The molecule has 0 bridgehead atoms. The molecule has 156 valence electrons. The van der Waals surface area contributed by atoms with Crippen LogP contribution in [0, 0.1) is 5.41 Å². The summed E-state index contributed by atoms with van der Waals surface area (Å²) < 4.78 is 16.1. The fourth-order valence-corrected chi connectivity index (χ4v) is 6.60. The molecule has 0 aromatic heterocycles. The van der Waals surface area contributed by atoms with Crippen molar-refractivity contribution in [2.75, 3.05) is 28.0 Å². The van der Waals surface area contributed by atoms with E-state index < -0.39 is 27.2 Å². The highest BCUT2D eigenvalue weighted by molar-refractivity contribution is 8.03. The molecule has 0 aliphatic carbocycles. The second kappa shape index (κ2) is 6.37. The van der Waals surface area contributed by atoms with Gasteiger partial charge in [-0.2, -0.15) is 0 Å². The molecule has 1 amide bonds. The summed E-state index contributed by atoms with van der Waals surface area (Å²) in [6.07, 6.45) is 1.00. The van der Waals surface area contributed by atoms with Crippen molar-refractivity contribution in [1.29, 1.82) is 0 Å². The van der Waals surface area contributed by atoms with Gasteiger partial charge in [-0.1, -0.05) is 17.8 Å². The van der Waals surface area contributed by atoms with E-state index in [1.165, 1.54) is 23.8 Å². The van der Waals surface area contributed by atoms with E-state index in [2.05, 4.69) is 0 Å². The van der Waals surface area contributed by atoms with Gasteiger partial charge in [0, 0.05) is 13.5 Å². The number of likely N-dealkylation sites (tertiary alicyclic amines) is 1. The monoisotopic (exact) mass is 420 g/mol. The molecular weight excluding hydrogens is 396 g/mol. The number of ether oxygens (including phenoxy) is 3. The smallest absolute Gasteiger partial charge is 0.313 e. The summed E-state index contributed by atoms with van der Waals surface area (Å²) in [6, 6.07) is 5.07. The number of thioether (sulfide) groups is 1. The van der Waals surface area contributed by atoms with E-state index in [0.29, 0.717) is 11.5 Å². The molecule has 3 unspecified atom stereocenters. The zero-order chi connectivity index (χ0) is 21.2. The number of esters is 1. The predicted molar refractivity (Wildman–Crippen MR) is 105 cm³/mol. The van der Waals surface area contributed by atoms with Crippen LogP contribution in [-0.4, -0.2) is 65.7 Å². The number of methoxy groups -OCH3 is 1. The molecule has 2 saturated heterocycles. The second-order valence-electron chi connectivity index (χ2n) is 8.14. The van der Waals surface area contributed by atoms with Crippen molar-refractivity contribution in [2.45, 2.75) is 36.1 Å². The third-order valence-electron chi connectivity index (χ3n) is 6.43. The fourth-order valence-electron chi connectivity index (χ4n) is 4.80. The van der Waals surface area contributed by atoms with Gasteiger partial charge < -0.3 is 19.1 Å². The molecule has 9 heteroatoms. The highest BCUT2D eigenvalue weighted by Gasteiger charge is 2.70. The zero-order valence-electron chi connectivity index (χ0n) is 17.1. The van der Waals surface area contributed by atoms with Gasteiger partial charge in [-0.15, -0.1) is 0 Å². The number of likely N-dealkylation sites (N-methyl/N-ethyl adjacent to an activating group) is 2. The van der Waals surface area contributed by atoms with E-state index in [9.17, 15) is 14.4 Å². The quantitative estimate of drug-likeness (QED) is 0.541. The van der Waals surface area contributed by atoms with Gasteiger partial charge >= 0.3 is 5.97 Å². The maximum absolute atomic E-state index is 13.4. The Morgan fingerprint density at radius 1 is 1.28 bits per heavy atom. The van der Waals surface area contributed by atoms with Crippen molar-refractivity contribution in [2.24, 2.45) is 5.41 Å². The number of carbonyl (C=O) groups is 3. The lowest BCUT2D eigenvalue weighted by Gasteiger charge is -2.34. The lowest BCUT2D eigenvalue weighted by atomic mass is 9.78. The summed E-state index contributed by atoms with van der Waals surface area (Å²) in [7, 11) is 4.79. The number of hydrogen-bond donors (Lipinski definition) is 0. The van der Waals surface area contributed by atoms with Crippen LogP contribution in [0.2, 0.25) is 0 Å². The van der Waals surface area contributed by atoms with Gasteiger partial charge in [0.1, 0.15) is 4.87 Å². The van der Waals surface area contributed by atoms with Crippen LogP contribution in [0.3, 0.4) is 0 Å². The van der Waals surface area contributed by atoms with Crippen LogP contribution in [0.25, 0.3) is 0 Å². The summed E-state index contributed by atoms with van der Waals surface area (Å²) in [5, 5.41) is 0. The van der Waals surface area contributed by atoms with Gasteiger partial charge in [0.2, 0.25) is 6.79 Å². The van der Waals surface area contributed by atoms with Gasteiger partial charge in [0.05, 0.1) is 18.6 Å². The number of fused-ring (bicyclic) bond motifs is 1. The van der Waals surface area contributed by atoms with Gasteiger partial charge in [-0.05, 0) is 38.6 Å². The van der Waals surface area contributed by atoms with Crippen LogP contribution in [0.5, 0.6) is 11.5 Å². The number of hydrogen-bond acceptors (Lipinski definition) is 8. The number of amides is 1. The third-order valence-corrected chi connectivity index (χ3v) is 8.16. The third kappa shape index (κ3) is 2.53. The summed E-state index contributed by atoms with van der Waals surface area (Å²) >= 11 is 1.27. The van der Waals surface area contributed by atoms with E-state index in [0.717, 1.165) is 11.8 Å². The molecule has 0 saturated carbocycles. The van der Waals surface area contributed by atoms with E-state index in [-0.39, 0.29) is 19.1 Å². The van der Waals surface area contributed by atoms with Gasteiger partial charge in [0.25, 0.3) is 5.91 Å². The van der Waals surface area contributed by atoms with Crippen LogP contribution >= 0.6 is 11.8 Å². The molecule has 3 heterocycles. The van der Waals surface area contributed by atoms with Crippen LogP contribution in [0.1, 0.15) is 31.9 Å². The van der Waals surface area contributed by atoms with Crippen molar-refractivity contribution in [3.05, 3.63) is 23.8 Å². The summed E-state index contributed by atoms with van der Waals surface area (Å²) in [5.74, 6) is 0.644. The first kappa shape index (κ1) is 20.0. The molecule has 1 aromatic rings. The Kier molecular flexibility index (Phi) is 4.40. The van der Waals surface area contributed by atoms with Crippen LogP contribution < -0.4 is 9.47 Å². The topological polar surface area (TPSA) is 85.4 Å². The Hall–Kier alpha value is -2.26. The molecule has 2 fully saturated rings. The molecule has 1 spiro atoms. The number of aldehydes is 1. The lowest BCUT2D eigenvalue weighted by Crippen LogP contribution is -2.47. The molecule has 3 aliphatic rings. The first-order chi connectivity index (χ1) is 13.6. The van der Waals surface area contributed by atoms with Crippen LogP contribution in [0.15, 0.2) is 18.2 Å². The second-order valence-corrected chi connectivity index (χ2v) is 9.84. The highest BCUT2D eigenvalue weighted by atomic mass is 32.2. The highest BCUT2D eigenvalue weighted by Crippen LogP contribution is 2.63. The SMILES string of the molecule is COC(=O)[C@@]1(C)CC2(SC(C)(C=O)N(C)C2=O)N(C)C1c1ccc2c(c1)OCO2. The molecule has 29 heavy (non-hydrogen) atoms. The number of nitrogens with zero attached hydrogens (tertiary/aromatic N) is 2. The molecule has 1 aromatic carbocycles. The number of benzene rings is 1. The first-order valence-corrected chi connectivity index (χ1v) is 10.1. The minimum Gasteiger partial charge on any atom is -0.469 e. The maximum Gasteiger partial charge on any atom is 0.313 e. The molecule has 0 radical (unpaired) electrons. The van der Waals surface area contributed by atoms with Crippen LogP contribution in [0.4, 0.5) is 0 Å². The first-order valence-electron chi connectivity index (χ1n) is 9.28. The average molecular weight is 420 g/mol. The van der Waals surface area contributed by atoms with Crippen LogP contribution in [-0.2, 0) is 19.1 Å². The Balaban J connectivity index is 1.85. The minimum atomic E-state index is -1.06. The predicted octanol–water partition coefficient (Wildman–Crippen LogP) is 1.79. The Morgan fingerprint density at radius 2 is 1.97 bits per heavy atom. The van der Waals surface area contributed by atoms with Crippen molar-refractivity contribution >= 4 is 29.9 Å². The Labute approximate surface area is 173 Å². The fraction of sp³-hybridized carbons (Fsp3) is 0.550.